The monoisotopic (exact) mass is 202 g/mol. The molecule has 5 heteroatoms. The fourth-order valence-corrected chi connectivity index (χ4v) is 1.31. The molecule has 4 N–H and O–H groups in total. The number of anilines is 2. The molecule has 76 valence electrons. The summed E-state index contributed by atoms with van der Waals surface area (Å²) >= 11 is 0. The van der Waals surface area contributed by atoms with Crippen molar-refractivity contribution >= 4 is 11.5 Å². The standard InChI is InChI=1S/C10H10N4O/c11-7-3-1-2-4-8(7)14-6-5-9(12)13-10(14)15/h1-6H,11H2,(H2,12,13,15). The molecule has 0 radical (unpaired) electrons. The Balaban J connectivity index is 2.65. The van der Waals surface area contributed by atoms with Crippen LogP contribution in [0.15, 0.2) is 41.3 Å². The molecular weight excluding hydrogens is 192 g/mol. The number of nitrogens with two attached hydrogens (primary N) is 2. The second-order valence-corrected chi connectivity index (χ2v) is 3.06. The van der Waals surface area contributed by atoms with E-state index in [0.717, 1.165) is 0 Å². The summed E-state index contributed by atoms with van der Waals surface area (Å²) in [6, 6.07) is 8.61. The zero-order valence-corrected chi connectivity index (χ0v) is 7.92. The van der Waals surface area contributed by atoms with E-state index in [9.17, 15) is 4.79 Å². The lowest BCUT2D eigenvalue weighted by molar-refractivity contribution is 0.922. The van der Waals surface area contributed by atoms with Gasteiger partial charge in [-0.2, -0.15) is 4.98 Å². The molecule has 0 aliphatic carbocycles. The van der Waals surface area contributed by atoms with Gasteiger partial charge in [0.2, 0.25) is 0 Å². The van der Waals surface area contributed by atoms with Gasteiger partial charge in [0.25, 0.3) is 0 Å². The number of benzene rings is 1. The lowest BCUT2D eigenvalue weighted by Crippen LogP contribution is -2.22. The van der Waals surface area contributed by atoms with Crippen molar-refractivity contribution in [1.29, 1.82) is 0 Å². The van der Waals surface area contributed by atoms with Gasteiger partial charge in [0, 0.05) is 6.20 Å². The van der Waals surface area contributed by atoms with Crippen LogP contribution in [0.2, 0.25) is 0 Å². The topological polar surface area (TPSA) is 86.9 Å². The Morgan fingerprint density at radius 2 is 1.87 bits per heavy atom. The Labute approximate surface area is 86.0 Å². The number of rotatable bonds is 1. The second-order valence-electron chi connectivity index (χ2n) is 3.06. The van der Waals surface area contributed by atoms with Gasteiger partial charge in [-0.25, -0.2) is 4.79 Å². The number of hydrogen-bond acceptors (Lipinski definition) is 4. The Morgan fingerprint density at radius 3 is 2.53 bits per heavy atom. The van der Waals surface area contributed by atoms with Crippen LogP contribution in [0.25, 0.3) is 5.69 Å². The highest BCUT2D eigenvalue weighted by Gasteiger charge is 2.03. The van der Waals surface area contributed by atoms with Crippen LogP contribution in [0.4, 0.5) is 11.5 Å². The minimum Gasteiger partial charge on any atom is -0.397 e. The average Bonchev–Trinajstić information content (AvgIpc) is 2.20. The van der Waals surface area contributed by atoms with Crippen LogP contribution in [-0.4, -0.2) is 9.55 Å². The predicted molar refractivity (Wildman–Crippen MR) is 58.7 cm³/mol. The largest absolute Gasteiger partial charge is 0.397 e. The first-order valence-electron chi connectivity index (χ1n) is 4.38. The lowest BCUT2D eigenvalue weighted by Gasteiger charge is -2.07. The van der Waals surface area contributed by atoms with E-state index in [4.69, 9.17) is 11.5 Å². The van der Waals surface area contributed by atoms with Gasteiger partial charge in [-0.1, -0.05) is 12.1 Å². The maximum Gasteiger partial charge on any atom is 0.354 e. The molecule has 0 atom stereocenters. The van der Waals surface area contributed by atoms with Gasteiger partial charge in [0.1, 0.15) is 5.82 Å². The highest BCUT2D eigenvalue weighted by Crippen LogP contribution is 2.13. The Bertz CT molecular complexity index is 547. The molecular formula is C10H10N4O. The van der Waals surface area contributed by atoms with E-state index in [1.807, 2.05) is 0 Å². The summed E-state index contributed by atoms with van der Waals surface area (Å²) in [6.07, 6.45) is 1.55. The Morgan fingerprint density at radius 1 is 1.13 bits per heavy atom. The normalized spacial score (nSPS) is 10.1. The van der Waals surface area contributed by atoms with Gasteiger partial charge in [0.15, 0.2) is 0 Å². The maximum absolute atomic E-state index is 11.5. The van der Waals surface area contributed by atoms with Gasteiger partial charge in [0.05, 0.1) is 11.4 Å². The third-order valence-corrected chi connectivity index (χ3v) is 2.02. The first kappa shape index (κ1) is 9.26. The molecule has 0 unspecified atom stereocenters. The average molecular weight is 202 g/mol. The fourth-order valence-electron chi connectivity index (χ4n) is 1.31. The first-order chi connectivity index (χ1) is 7.18. The highest BCUT2D eigenvalue weighted by molar-refractivity contribution is 5.57. The molecule has 5 nitrogen and oxygen atoms in total. The van der Waals surface area contributed by atoms with Gasteiger partial charge in [-0.15, -0.1) is 0 Å². The van der Waals surface area contributed by atoms with E-state index in [2.05, 4.69) is 4.98 Å². The minimum atomic E-state index is -0.437. The van der Waals surface area contributed by atoms with Crippen molar-refractivity contribution in [2.24, 2.45) is 0 Å². The first-order valence-corrected chi connectivity index (χ1v) is 4.38. The number of hydrogen-bond donors (Lipinski definition) is 2. The van der Waals surface area contributed by atoms with E-state index in [1.54, 1.807) is 36.5 Å². The molecule has 1 aromatic carbocycles. The molecule has 0 aliphatic heterocycles. The Kier molecular flexibility index (Phi) is 2.13. The highest BCUT2D eigenvalue weighted by atomic mass is 16.1. The number of para-hydroxylation sites is 2. The molecule has 0 aliphatic rings. The quantitative estimate of drug-likeness (QED) is 0.655. The fraction of sp³-hybridized carbons (Fsp3) is 0. The second kappa shape index (κ2) is 3.45. The third-order valence-electron chi connectivity index (χ3n) is 2.02. The van der Waals surface area contributed by atoms with Gasteiger partial charge >= 0.3 is 5.69 Å². The third kappa shape index (κ3) is 1.67. The molecule has 15 heavy (non-hydrogen) atoms. The smallest absolute Gasteiger partial charge is 0.354 e. The van der Waals surface area contributed by atoms with Crippen LogP contribution in [0, 0.1) is 0 Å². The molecule has 1 aromatic heterocycles. The minimum absolute atomic E-state index is 0.200. The lowest BCUT2D eigenvalue weighted by atomic mass is 10.2. The van der Waals surface area contributed by atoms with Crippen LogP contribution in [0.5, 0.6) is 0 Å². The predicted octanol–water partition coefficient (Wildman–Crippen LogP) is 0.397. The molecule has 2 aromatic rings. The van der Waals surface area contributed by atoms with Crippen LogP contribution in [0.3, 0.4) is 0 Å². The van der Waals surface area contributed by atoms with Crippen LogP contribution in [-0.2, 0) is 0 Å². The van der Waals surface area contributed by atoms with Crippen molar-refractivity contribution in [3.8, 4) is 5.69 Å². The van der Waals surface area contributed by atoms with Gasteiger partial charge in [-0.3, -0.25) is 4.57 Å². The number of nitrogens with zero attached hydrogens (tertiary/aromatic N) is 2. The van der Waals surface area contributed by atoms with E-state index >= 15 is 0 Å². The summed E-state index contributed by atoms with van der Waals surface area (Å²) in [4.78, 5) is 15.1. The van der Waals surface area contributed by atoms with E-state index < -0.39 is 5.69 Å². The summed E-state index contributed by atoms with van der Waals surface area (Å²) in [5.74, 6) is 0.200. The van der Waals surface area contributed by atoms with Gasteiger partial charge in [-0.05, 0) is 18.2 Å². The molecule has 2 rings (SSSR count). The van der Waals surface area contributed by atoms with Gasteiger partial charge < -0.3 is 11.5 Å². The molecule has 0 amide bonds. The van der Waals surface area contributed by atoms with Crippen molar-refractivity contribution in [3.63, 3.8) is 0 Å². The Hall–Kier alpha value is -2.30. The van der Waals surface area contributed by atoms with Crippen molar-refractivity contribution in [2.75, 3.05) is 11.5 Å². The molecule has 0 saturated carbocycles. The van der Waals surface area contributed by atoms with Crippen molar-refractivity contribution < 1.29 is 0 Å². The molecule has 0 bridgehead atoms. The van der Waals surface area contributed by atoms with Crippen LogP contribution in [0.1, 0.15) is 0 Å². The van der Waals surface area contributed by atoms with Crippen molar-refractivity contribution in [3.05, 3.63) is 47.0 Å². The maximum atomic E-state index is 11.5. The molecule has 0 spiro atoms. The van der Waals surface area contributed by atoms with Crippen molar-refractivity contribution in [1.82, 2.24) is 9.55 Å². The summed E-state index contributed by atoms with van der Waals surface area (Å²) < 4.78 is 1.35. The van der Waals surface area contributed by atoms with Crippen LogP contribution < -0.4 is 17.2 Å². The van der Waals surface area contributed by atoms with Crippen molar-refractivity contribution in [2.45, 2.75) is 0 Å². The summed E-state index contributed by atoms with van der Waals surface area (Å²) in [6.45, 7) is 0. The zero-order chi connectivity index (χ0) is 10.8. The molecule has 1 heterocycles. The van der Waals surface area contributed by atoms with E-state index in [-0.39, 0.29) is 5.82 Å². The molecule has 0 fully saturated rings. The number of nitrogen functional groups attached to an aromatic ring is 2. The van der Waals surface area contributed by atoms with Crippen LogP contribution >= 0.6 is 0 Å². The van der Waals surface area contributed by atoms with E-state index in [0.29, 0.717) is 11.4 Å². The van der Waals surface area contributed by atoms with E-state index in [1.165, 1.54) is 4.57 Å². The summed E-state index contributed by atoms with van der Waals surface area (Å²) in [5.41, 5.74) is 11.8. The summed E-state index contributed by atoms with van der Waals surface area (Å²) in [5, 5.41) is 0. The summed E-state index contributed by atoms with van der Waals surface area (Å²) in [7, 11) is 0. The zero-order valence-electron chi connectivity index (χ0n) is 7.92. The SMILES string of the molecule is Nc1ccn(-c2ccccc2N)c(=O)n1. The number of aromatic nitrogens is 2. The molecule has 0 saturated heterocycles.